The molecular weight excluding hydrogens is 166 g/mol. The van der Waals surface area contributed by atoms with Gasteiger partial charge in [0, 0.05) is 4.70 Å². The van der Waals surface area contributed by atoms with Gasteiger partial charge in [-0.05, 0) is 29.5 Å². The van der Waals surface area contributed by atoms with Crippen LogP contribution in [0.25, 0.3) is 10.1 Å². The number of aryl methyl sites for hydroxylation is 1. The van der Waals surface area contributed by atoms with Gasteiger partial charge in [-0.1, -0.05) is 19.1 Å². The van der Waals surface area contributed by atoms with Crippen LogP contribution in [0.3, 0.4) is 0 Å². The van der Waals surface area contributed by atoms with E-state index >= 15 is 0 Å². The molecule has 1 aromatic carbocycles. The number of benzene rings is 1. The van der Waals surface area contributed by atoms with Crippen LogP contribution in [-0.2, 0) is 6.42 Å². The Hall–Kier alpha value is -1.02. The molecule has 2 aromatic rings. The van der Waals surface area contributed by atoms with Crippen LogP contribution in [0.15, 0.2) is 24.3 Å². The summed E-state index contributed by atoms with van der Waals surface area (Å²) in [6, 6.07) is 8.55. The van der Waals surface area contributed by atoms with Crippen LogP contribution in [0, 0.1) is 0 Å². The molecule has 0 aliphatic rings. The van der Waals surface area contributed by atoms with E-state index in [1.807, 2.05) is 6.07 Å². The molecule has 0 aliphatic heterocycles. The van der Waals surface area contributed by atoms with Crippen LogP contribution in [0.4, 0.5) is 5.00 Å². The van der Waals surface area contributed by atoms with Gasteiger partial charge >= 0.3 is 0 Å². The second kappa shape index (κ2) is 2.79. The first-order chi connectivity index (χ1) is 5.79. The number of anilines is 1. The summed E-state index contributed by atoms with van der Waals surface area (Å²) in [6.07, 6.45) is 1.09. The van der Waals surface area contributed by atoms with E-state index in [0.29, 0.717) is 0 Å². The maximum atomic E-state index is 5.70. The second-order valence-corrected chi connectivity index (χ2v) is 3.99. The third kappa shape index (κ3) is 1.18. The maximum absolute atomic E-state index is 5.70. The van der Waals surface area contributed by atoms with Gasteiger partial charge < -0.3 is 5.73 Å². The quantitative estimate of drug-likeness (QED) is 0.711. The van der Waals surface area contributed by atoms with Gasteiger partial charge in [0.25, 0.3) is 0 Å². The molecule has 0 aliphatic carbocycles. The summed E-state index contributed by atoms with van der Waals surface area (Å²) >= 11 is 1.66. The lowest BCUT2D eigenvalue weighted by atomic mass is 10.1. The van der Waals surface area contributed by atoms with Crippen molar-refractivity contribution in [2.24, 2.45) is 0 Å². The number of nitrogens with two attached hydrogens (primary N) is 1. The maximum Gasteiger partial charge on any atom is 0.0868 e. The van der Waals surface area contributed by atoms with Crippen LogP contribution in [0.5, 0.6) is 0 Å². The van der Waals surface area contributed by atoms with Crippen molar-refractivity contribution in [1.82, 2.24) is 0 Å². The molecule has 1 nitrogen and oxygen atoms in total. The normalized spacial score (nSPS) is 10.8. The molecule has 0 atom stereocenters. The molecule has 0 radical (unpaired) electrons. The summed E-state index contributed by atoms with van der Waals surface area (Å²) in [5, 5.41) is 2.16. The highest BCUT2D eigenvalue weighted by Gasteiger charge is 1.98. The minimum atomic E-state index is 0.901. The summed E-state index contributed by atoms with van der Waals surface area (Å²) in [5.74, 6) is 0. The molecule has 1 heterocycles. The Morgan fingerprint density at radius 3 is 2.92 bits per heavy atom. The second-order valence-electron chi connectivity index (χ2n) is 2.87. The zero-order chi connectivity index (χ0) is 8.55. The topological polar surface area (TPSA) is 26.0 Å². The minimum absolute atomic E-state index is 0.901. The van der Waals surface area contributed by atoms with Gasteiger partial charge in [0.2, 0.25) is 0 Å². The van der Waals surface area contributed by atoms with Gasteiger partial charge in [-0.25, -0.2) is 0 Å². The molecule has 0 bridgehead atoms. The van der Waals surface area contributed by atoms with Crippen LogP contribution in [-0.4, -0.2) is 0 Å². The molecule has 1 aromatic heterocycles. The Morgan fingerprint density at radius 2 is 2.17 bits per heavy atom. The SMILES string of the molecule is CCc1ccc2cc(N)sc2c1. The number of hydrogen-bond donors (Lipinski definition) is 1. The average Bonchev–Trinajstić information content (AvgIpc) is 2.43. The van der Waals surface area contributed by atoms with Gasteiger partial charge in [-0.2, -0.15) is 0 Å². The molecule has 0 fully saturated rings. The number of thiophene rings is 1. The van der Waals surface area contributed by atoms with E-state index < -0.39 is 0 Å². The van der Waals surface area contributed by atoms with Crippen molar-refractivity contribution in [3.8, 4) is 0 Å². The summed E-state index contributed by atoms with van der Waals surface area (Å²) in [7, 11) is 0. The standard InChI is InChI=1S/C10H11NS/c1-2-7-3-4-8-6-10(11)12-9(8)5-7/h3-6H,2,11H2,1H3. The van der Waals surface area contributed by atoms with Crippen LogP contribution in [0.1, 0.15) is 12.5 Å². The summed E-state index contributed by atoms with van der Waals surface area (Å²) in [6.45, 7) is 2.16. The summed E-state index contributed by atoms with van der Waals surface area (Å²) < 4.78 is 1.30. The molecule has 0 spiro atoms. The van der Waals surface area contributed by atoms with Crippen molar-refractivity contribution < 1.29 is 0 Å². The van der Waals surface area contributed by atoms with E-state index in [1.54, 1.807) is 11.3 Å². The highest BCUT2D eigenvalue weighted by Crippen LogP contribution is 2.28. The van der Waals surface area contributed by atoms with Crippen LogP contribution < -0.4 is 5.73 Å². The molecule has 0 amide bonds. The first-order valence-corrected chi connectivity index (χ1v) is 4.89. The Bertz CT molecular complexity index is 403. The van der Waals surface area contributed by atoms with Crippen molar-refractivity contribution in [1.29, 1.82) is 0 Å². The van der Waals surface area contributed by atoms with Crippen molar-refractivity contribution in [3.63, 3.8) is 0 Å². The molecule has 0 saturated heterocycles. The Morgan fingerprint density at radius 1 is 1.33 bits per heavy atom. The van der Waals surface area contributed by atoms with Gasteiger partial charge in [0.15, 0.2) is 0 Å². The molecule has 62 valence electrons. The zero-order valence-corrected chi connectivity index (χ0v) is 7.82. The lowest BCUT2D eigenvalue weighted by Crippen LogP contribution is -1.75. The molecule has 2 heteroatoms. The van der Waals surface area contributed by atoms with Crippen molar-refractivity contribution in [3.05, 3.63) is 29.8 Å². The monoisotopic (exact) mass is 177 g/mol. The molecule has 2 rings (SSSR count). The fraction of sp³-hybridized carbons (Fsp3) is 0.200. The largest absolute Gasteiger partial charge is 0.391 e. The fourth-order valence-electron chi connectivity index (χ4n) is 1.32. The Balaban J connectivity index is 2.66. The average molecular weight is 177 g/mol. The first kappa shape index (κ1) is 7.62. The molecule has 0 unspecified atom stereocenters. The van der Waals surface area contributed by atoms with Crippen LogP contribution in [0.2, 0.25) is 0 Å². The summed E-state index contributed by atoms with van der Waals surface area (Å²) in [5.41, 5.74) is 7.08. The van der Waals surface area contributed by atoms with E-state index in [0.717, 1.165) is 11.4 Å². The molecule has 0 saturated carbocycles. The number of rotatable bonds is 1. The predicted octanol–water partition coefficient (Wildman–Crippen LogP) is 3.05. The van der Waals surface area contributed by atoms with E-state index in [1.165, 1.54) is 15.6 Å². The van der Waals surface area contributed by atoms with E-state index in [4.69, 9.17) is 5.73 Å². The van der Waals surface area contributed by atoms with E-state index in [2.05, 4.69) is 25.1 Å². The first-order valence-electron chi connectivity index (χ1n) is 4.07. The fourth-order valence-corrected chi connectivity index (χ4v) is 2.21. The van der Waals surface area contributed by atoms with Crippen molar-refractivity contribution in [2.75, 3.05) is 5.73 Å². The van der Waals surface area contributed by atoms with Gasteiger partial charge in [0.1, 0.15) is 0 Å². The molecule has 12 heavy (non-hydrogen) atoms. The lowest BCUT2D eigenvalue weighted by Gasteiger charge is -1.94. The Kier molecular flexibility index (Phi) is 1.77. The minimum Gasteiger partial charge on any atom is -0.391 e. The number of hydrogen-bond acceptors (Lipinski definition) is 2. The zero-order valence-electron chi connectivity index (χ0n) is 7.00. The van der Waals surface area contributed by atoms with E-state index in [-0.39, 0.29) is 0 Å². The van der Waals surface area contributed by atoms with Gasteiger partial charge in [-0.3, -0.25) is 0 Å². The van der Waals surface area contributed by atoms with Crippen molar-refractivity contribution >= 4 is 26.4 Å². The highest BCUT2D eigenvalue weighted by atomic mass is 32.1. The van der Waals surface area contributed by atoms with Crippen molar-refractivity contribution in [2.45, 2.75) is 13.3 Å². The number of fused-ring (bicyclic) bond motifs is 1. The third-order valence-electron chi connectivity index (χ3n) is 2.01. The predicted molar refractivity (Wildman–Crippen MR) is 55.6 cm³/mol. The Labute approximate surface area is 75.8 Å². The smallest absolute Gasteiger partial charge is 0.0868 e. The third-order valence-corrected chi connectivity index (χ3v) is 2.94. The van der Waals surface area contributed by atoms with Crippen LogP contribution >= 0.6 is 11.3 Å². The highest BCUT2D eigenvalue weighted by molar-refractivity contribution is 7.22. The van der Waals surface area contributed by atoms with Gasteiger partial charge in [0.05, 0.1) is 5.00 Å². The molecular formula is C10H11NS. The number of nitrogen functional groups attached to an aromatic ring is 1. The van der Waals surface area contributed by atoms with E-state index in [9.17, 15) is 0 Å². The molecule has 2 N–H and O–H groups in total. The van der Waals surface area contributed by atoms with Gasteiger partial charge in [-0.15, -0.1) is 11.3 Å². The lowest BCUT2D eigenvalue weighted by molar-refractivity contribution is 1.15. The summed E-state index contributed by atoms with van der Waals surface area (Å²) in [4.78, 5) is 0.